The van der Waals surface area contributed by atoms with Crippen molar-refractivity contribution in [3.8, 4) is 11.3 Å². The van der Waals surface area contributed by atoms with Crippen molar-refractivity contribution < 1.29 is 22.5 Å². The molecule has 2 aromatic rings. The van der Waals surface area contributed by atoms with Crippen LogP contribution in [0.2, 0.25) is 0 Å². The number of halogens is 3. The molecule has 2 heterocycles. The van der Waals surface area contributed by atoms with Crippen molar-refractivity contribution in [2.24, 2.45) is 0 Å². The molecule has 140 valence electrons. The molecular weight excluding hydrogens is 347 g/mol. The largest absolute Gasteiger partial charge is 0.417 e. The van der Waals surface area contributed by atoms with Gasteiger partial charge >= 0.3 is 6.18 Å². The maximum Gasteiger partial charge on any atom is 0.417 e. The number of benzene rings is 1. The van der Waals surface area contributed by atoms with Gasteiger partial charge in [0.25, 0.3) is 5.91 Å². The monoisotopic (exact) mass is 367 g/mol. The lowest BCUT2D eigenvalue weighted by atomic mass is 9.96. The van der Waals surface area contributed by atoms with E-state index in [0.717, 1.165) is 31.7 Å². The standard InChI is InChI=1S/C18H20F3N3O2/c1-2-11-7-5-6-10-24(11)17(25)14-15(23-26-16(14)22)12-8-3-4-9-13(12)18(19,20)21/h3-4,8-9,11H,2,5-7,10,22H2,1H3. The van der Waals surface area contributed by atoms with Crippen molar-refractivity contribution in [3.63, 3.8) is 0 Å². The van der Waals surface area contributed by atoms with E-state index in [2.05, 4.69) is 5.16 Å². The lowest BCUT2D eigenvalue weighted by Gasteiger charge is -2.35. The summed E-state index contributed by atoms with van der Waals surface area (Å²) in [5.41, 5.74) is 4.42. The van der Waals surface area contributed by atoms with Gasteiger partial charge in [-0.15, -0.1) is 0 Å². The zero-order valence-corrected chi connectivity index (χ0v) is 14.3. The van der Waals surface area contributed by atoms with Crippen LogP contribution in [0.25, 0.3) is 11.3 Å². The molecule has 1 aromatic heterocycles. The second-order valence-electron chi connectivity index (χ2n) is 6.37. The quantitative estimate of drug-likeness (QED) is 0.875. The SMILES string of the molecule is CCC1CCCCN1C(=O)c1c(-c2ccccc2C(F)(F)F)noc1N. The number of rotatable bonds is 3. The summed E-state index contributed by atoms with van der Waals surface area (Å²) in [5.74, 6) is -0.690. The molecule has 0 spiro atoms. The molecule has 0 radical (unpaired) electrons. The molecule has 3 rings (SSSR count). The highest BCUT2D eigenvalue weighted by atomic mass is 19.4. The fourth-order valence-electron chi connectivity index (χ4n) is 3.47. The van der Waals surface area contributed by atoms with Gasteiger partial charge in [0.05, 0.1) is 5.56 Å². The summed E-state index contributed by atoms with van der Waals surface area (Å²) in [5, 5.41) is 3.68. The van der Waals surface area contributed by atoms with Gasteiger partial charge in [-0.3, -0.25) is 4.79 Å². The number of nitrogens with two attached hydrogens (primary N) is 1. The molecule has 1 fully saturated rings. The lowest BCUT2D eigenvalue weighted by molar-refractivity contribution is -0.137. The van der Waals surface area contributed by atoms with Crippen LogP contribution in [-0.2, 0) is 6.18 Å². The Kier molecular flexibility index (Phi) is 4.93. The number of nitrogen functional groups attached to an aromatic ring is 1. The molecule has 1 saturated heterocycles. The summed E-state index contributed by atoms with van der Waals surface area (Å²) in [6.07, 6.45) is -1.08. The second kappa shape index (κ2) is 7.01. The minimum absolute atomic E-state index is 0.0382. The second-order valence-corrected chi connectivity index (χ2v) is 6.37. The Hall–Kier alpha value is -2.51. The highest BCUT2D eigenvalue weighted by Gasteiger charge is 2.37. The maximum atomic E-state index is 13.4. The molecule has 0 bridgehead atoms. The molecule has 1 aromatic carbocycles. The van der Waals surface area contributed by atoms with Gasteiger partial charge in [0, 0.05) is 18.2 Å². The van der Waals surface area contributed by atoms with Crippen LogP contribution in [-0.4, -0.2) is 28.6 Å². The first-order chi connectivity index (χ1) is 12.3. The first-order valence-corrected chi connectivity index (χ1v) is 8.57. The summed E-state index contributed by atoms with van der Waals surface area (Å²) in [7, 11) is 0. The third-order valence-corrected chi connectivity index (χ3v) is 4.78. The van der Waals surface area contributed by atoms with E-state index in [1.54, 1.807) is 4.90 Å². The molecule has 1 amide bonds. The van der Waals surface area contributed by atoms with Crippen molar-refractivity contribution >= 4 is 11.8 Å². The molecule has 0 saturated carbocycles. The average Bonchev–Trinajstić information content (AvgIpc) is 3.01. The zero-order valence-electron chi connectivity index (χ0n) is 14.3. The van der Waals surface area contributed by atoms with Crippen LogP contribution in [0.15, 0.2) is 28.8 Å². The Morgan fingerprint density at radius 2 is 2.08 bits per heavy atom. The number of carbonyl (C=O) groups is 1. The van der Waals surface area contributed by atoms with E-state index in [0.29, 0.717) is 6.54 Å². The highest BCUT2D eigenvalue weighted by molar-refractivity contribution is 6.04. The third-order valence-electron chi connectivity index (χ3n) is 4.78. The van der Waals surface area contributed by atoms with Crippen LogP contribution in [0, 0.1) is 0 Å². The molecule has 1 atom stereocenters. The molecule has 1 aliphatic heterocycles. The maximum absolute atomic E-state index is 13.4. The van der Waals surface area contributed by atoms with E-state index >= 15 is 0 Å². The van der Waals surface area contributed by atoms with Gasteiger partial charge in [0.1, 0.15) is 11.3 Å². The van der Waals surface area contributed by atoms with Crippen molar-refractivity contribution in [2.45, 2.75) is 44.8 Å². The summed E-state index contributed by atoms with van der Waals surface area (Å²) in [6.45, 7) is 2.52. The molecule has 0 aliphatic carbocycles. The Morgan fingerprint density at radius 3 is 2.77 bits per heavy atom. The first kappa shape index (κ1) is 18.3. The van der Waals surface area contributed by atoms with Crippen molar-refractivity contribution in [3.05, 3.63) is 35.4 Å². The summed E-state index contributed by atoms with van der Waals surface area (Å²) in [4.78, 5) is 14.7. The predicted octanol–water partition coefficient (Wildman–Crippen LogP) is 4.35. The zero-order chi connectivity index (χ0) is 18.9. The Labute approximate surface area is 148 Å². The number of hydrogen-bond acceptors (Lipinski definition) is 4. The van der Waals surface area contributed by atoms with Crippen LogP contribution < -0.4 is 5.73 Å². The molecule has 5 nitrogen and oxygen atoms in total. The number of aromatic nitrogens is 1. The van der Waals surface area contributed by atoms with E-state index < -0.39 is 17.6 Å². The van der Waals surface area contributed by atoms with Crippen molar-refractivity contribution in [1.82, 2.24) is 10.1 Å². The number of likely N-dealkylation sites (tertiary alicyclic amines) is 1. The molecule has 26 heavy (non-hydrogen) atoms. The van der Waals surface area contributed by atoms with E-state index in [-0.39, 0.29) is 28.7 Å². The summed E-state index contributed by atoms with van der Waals surface area (Å²) in [6, 6.07) is 5.00. The summed E-state index contributed by atoms with van der Waals surface area (Å²) >= 11 is 0. The molecule has 1 aliphatic rings. The molecule has 2 N–H and O–H groups in total. The molecule has 1 unspecified atom stereocenters. The van der Waals surface area contributed by atoms with Gasteiger partial charge in [0.2, 0.25) is 5.88 Å². The van der Waals surface area contributed by atoms with Crippen LogP contribution >= 0.6 is 0 Å². The first-order valence-electron chi connectivity index (χ1n) is 8.57. The van der Waals surface area contributed by atoms with Crippen molar-refractivity contribution in [2.75, 3.05) is 12.3 Å². The van der Waals surface area contributed by atoms with E-state index in [4.69, 9.17) is 10.3 Å². The van der Waals surface area contributed by atoms with Gasteiger partial charge in [-0.2, -0.15) is 13.2 Å². The van der Waals surface area contributed by atoms with Gasteiger partial charge in [-0.1, -0.05) is 30.3 Å². The van der Waals surface area contributed by atoms with E-state index in [1.165, 1.54) is 18.2 Å². The molecular formula is C18H20F3N3O2. The van der Waals surface area contributed by atoms with Gasteiger partial charge < -0.3 is 15.2 Å². The number of hydrogen-bond donors (Lipinski definition) is 1. The highest BCUT2D eigenvalue weighted by Crippen LogP contribution is 2.39. The average molecular weight is 367 g/mol. The minimum Gasteiger partial charge on any atom is -0.367 e. The van der Waals surface area contributed by atoms with Crippen LogP contribution in [0.5, 0.6) is 0 Å². The fraction of sp³-hybridized carbons (Fsp3) is 0.444. The van der Waals surface area contributed by atoms with Gasteiger partial charge in [-0.25, -0.2) is 0 Å². The van der Waals surface area contributed by atoms with E-state index in [1.807, 2.05) is 6.92 Å². The molecule has 8 heteroatoms. The topological polar surface area (TPSA) is 72.4 Å². The number of piperidine rings is 1. The van der Waals surface area contributed by atoms with Crippen LogP contribution in [0.4, 0.5) is 19.1 Å². The summed E-state index contributed by atoms with van der Waals surface area (Å²) < 4.78 is 45.0. The van der Waals surface area contributed by atoms with Crippen LogP contribution in [0.3, 0.4) is 0 Å². The van der Waals surface area contributed by atoms with Gasteiger partial charge in [0.15, 0.2) is 0 Å². The lowest BCUT2D eigenvalue weighted by Crippen LogP contribution is -2.43. The minimum atomic E-state index is -4.58. The number of anilines is 1. The Morgan fingerprint density at radius 1 is 1.35 bits per heavy atom. The van der Waals surface area contributed by atoms with Crippen molar-refractivity contribution in [1.29, 1.82) is 0 Å². The van der Waals surface area contributed by atoms with E-state index in [9.17, 15) is 18.0 Å². The Bertz CT molecular complexity index is 801. The fourth-order valence-corrected chi connectivity index (χ4v) is 3.47. The number of carbonyl (C=O) groups excluding carboxylic acids is 1. The number of nitrogens with zero attached hydrogens (tertiary/aromatic N) is 2. The van der Waals surface area contributed by atoms with Crippen LogP contribution in [0.1, 0.15) is 48.5 Å². The smallest absolute Gasteiger partial charge is 0.367 e. The number of alkyl halides is 3. The number of amides is 1. The van der Waals surface area contributed by atoms with Gasteiger partial charge in [-0.05, 0) is 31.7 Å². The third kappa shape index (κ3) is 3.27. The Balaban J connectivity index is 2.07. The normalized spacial score (nSPS) is 18.2. The predicted molar refractivity (Wildman–Crippen MR) is 90.3 cm³/mol.